The Hall–Kier alpha value is -1.42. The predicted molar refractivity (Wildman–Crippen MR) is 59.7 cm³/mol. The first-order chi connectivity index (χ1) is 7.27. The summed E-state index contributed by atoms with van der Waals surface area (Å²) in [4.78, 5) is 15.1. The highest BCUT2D eigenvalue weighted by molar-refractivity contribution is 5.92. The fourth-order valence-corrected chi connectivity index (χ4v) is 0.983. The molecule has 0 bridgehead atoms. The molecule has 1 aromatic heterocycles. The molecule has 0 atom stereocenters. The van der Waals surface area contributed by atoms with E-state index in [2.05, 4.69) is 10.3 Å². The van der Waals surface area contributed by atoms with Gasteiger partial charge in [-0.3, -0.25) is 9.78 Å². The maximum absolute atomic E-state index is 11.2. The van der Waals surface area contributed by atoms with E-state index in [1.54, 1.807) is 26.4 Å². The maximum atomic E-state index is 11.2. The molecule has 0 aliphatic rings. The molecule has 84 valence electrons. The van der Waals surface area contributed by atoms with E-state index in [9.17, 15) is 4.79 Å². The van der Waals surface area contributed by atoms with Gasteiger partial charge in [-0.15, -0.1) is 0 Å². The van der Waals surface area contributed by atoms with Crippen LogP contribution in [-0.2, 0) is 11.3 Å². The lowest BCUT2D eigenvalue weighted by Crippen LogP contribution is -2.19. The van der Waals surface area contributed by atoms with Crippen LogP contribution in [0.15, 0.2) is 18.3 Å². The van der Waals surface area contributed by atoms with Crippen molar-refractivity contribution in [3.05, 3.63) is 29.6 Å². The lowest BCUT2D eigenvalue weighted by atomic mass is 10.2. The topological polar surface area (TPSA) is 51.2 Å². The molecule has 1 heterocycles. The van der Waals surface area contributed by atoms with E-state index < -0.39 is 0 Å². The van der Waals surface area contributed by atoms with Crippen LogP contribution in [-0.4, -0.2) is 25.0 Å². The van der Waals surface area contributed by atoms with Crippen molar-refractivity contribution in [1.82, 2.24) is 10.3 Å². The van der Waals surface area contributed by atoms with Gasteiger partial charge < -0.3 is 10.1 Å². The average Bonchev–Trinajstić information content (AvgIpc) is 2.31. The molecule has 0 radical (unpaired) electrons. The summed E-state index contributed by atoms with van der Waals surface area (Å²) < 4.78 is 4.94. The molecule has 4 nitrogen and oxygen atoms in total. The van der Waals surface area contributed by atoms with E-state index in [1.807, 2.05) is 19.9 Å². The van der Waals surface area contributed by atoms with Crippen LogP contribution in [0, 0.1) is 0 Å². The van der Waals surface area contributed by atoms with Crippen molar-refractivity contribution in [2.75, 3.05) is 14.2 Å². The largest absolute Gasteiger partial charge is 0.380 e. The van der Waals surface area contributed by atoms with Gasteiger partial charge in [-0.05, 0) is 17.7 Å². The molecule has 0 saturated carbocycles. The van der Waals surface area contributed by atoms with Crippen LogP contribution in [0.3, 0.4) is 0 Å². The van der Waals surface area contributed by atoms with Crippen molar-refractivity contribution in [3.8, 4) is 0 Å². The Morgan fingerprint density at radius 1 is 1.53 bits per heavy atom. The summed E-state index contributed by atoms with van der Waals surface area (Å²) in [7, 11) is 3.19. The van der Waals surface area contributed by atoms with Crippen molar-refractivity contribution < 1.29 is 9.53 Å². The van der Waals surface area contributed by atoms with E-state index in [0.717, 1.165) is 5.56 Å². The van der Waals surface area contributed by atoms with Crippen molar-refractivity contribution in [2.24, 2.45) is 0 Å². The minimum atomic E-state index is -0.182. The van der Waals surface area contributed by atoms with Crippen LogP contribution >= 0.6 is 0 Å². The molecule has 0 spiro atoms. The molecule has 0 fully saturated rings. The normalized spacial score (nSPS) is 8.80. The van der Waals surface area contributed by atoms with Crippen molar-refractivity contribution >= 4 is 5.91 Å². The van der Waals surface area contributed by atoms with Gasteiger partial charge >= 0.3 is 0 Å². The van der Waals surface area contributed by atoms with Crippen LogP contribution in [0.25, 0.3) is 0 Å². The molecular weight excluding hydrogens is 192 g/mol. The Morgan fingerprint density at radius 3 is 2.73 bits per heavy atom. The summed E-state index contributed by atoms with van der Waals surface area (Å²) in [6.07, 6.45) is 1.60. The monoisotopic (exact) mass is 210 g/mol. The second kappa shape index (κ2) is 7.94. The first-order valence-corrected chi connectivity index (χ1v) is 4.94. The van der Waals surface area contributed by atoms with Crippen molar-refractivity contribution in [2.45, 2.75) is 20.5 Å². The minimum absolute atomic E-state index is 0.182. The number of methoxy groups -OCH3 is 1. The number of amides is 1. The van der Waals surface area contributed by atoms with E-state index in [1.165, 1.54) is 0 Å². The van der Waals surface area contributed by atoms with Crippen LogP contribution < -0.4 is 5.32 Å². The van der Waals surface area contributed by atoms with Gasteiger partial charge in [-0.25, -0.2) is 0 Å². The molecule has 1 amide bonds. The highest BCUT2D eigenvalue weighted by Crippen LogP contribution is 2.02. The highest BCUT2D eigenvalue weighted by Gasteiger charge is 2.04. The SMILES string of the molecule is CC.CNC(=O)c1cc(COC)ccn1. The molecule has 0 aliphatic heterocycles. The summed E-state index contributed by atoms with van der Waals surface area (Å²) in [6, 6.07) is 3.53. The van der Waals surface area contributed by atoms with Gasteiger partial charge in [-0.1, -0.05) is 13.8 Å². The van der Waals surface area contributed by atoms with Gasteiger partial charge in [0.15, 0.2) is 0 Å². The van der Waals surface area contributed by atoms with Crippen LogP contribution in [0.4, 0.5) is 0 Å². The van der Waals surface area contributed by atoms with Gasteiger partial charge in [0.25, 0.3) is 5.91 Å². The van der Waals surface area contributed by atoms with Gasteiger partial charge in [0.1, 0.15) is 5.69 Å². The summed E-state index contributed by atoms with van der Waals surface area (Å²) in [5, 5.41) is 2.51. The first kappa shape index (κ1) is 13.6. The van der Waals surface area contributed by atoms with Gasteiger partial charge in [0.05, 0.1) is 6.61 Å². The van der Waals surface area contributed by atoms with E-state index in [0.29, 0.717) is 12.3 Å². The molecule has 1 aromatic rings. The molecule has 1 rings (SSSR count). The molecule has 15 heavy (non-hydrogen) atoms. The molecule has 4 heteroatoms. The number of aromatic nitrogens is 1. The fraction of sp³-hybridized carbons (Fsp3) is 0.455. The number of ether oxygens (including phenoxy) is 1. The number of hydrogen-bond acceptors (Lipinski definition) is 3. The van der Waals surface area contributed by atoms with Crippen LogP contribution in [0.5, 0.6) is 0 Å². The number of hydrogen-bond donors (Lipinski definition) is 1. The number of rotatable bonds is 3. The number of carbonyl (C=O) groups is 1. The van der Waals surface area contributed by atoms with Gasteiger partial charge in [0.2, 0.25) is 0 Å². The summed E-state index contributed by atoms with van der Waals surface area (Å²) in [5.74, 6) is -0.182. The summed E-state index contributed by atoms with van der Waals surface area (Å²) >= 11 is 0. The highest BCUT2D eigenvalue weighted by atomic mass is 16.5. The maximum Gasteiger partial charge on any atom is 0.269 e. The predicted octanol–water partition coefficient (Wildman–Crippen LogP) is 1.61. The Balaban J connectivity index is 0.000000921. The zero-order valence-corrected chi connectivity index (χ0v) is 9.70. The Kier molecular flexibility index (Phi) is 7.18. The Bertz CT molecular complexity index is 300. The second-order valence-corrected chi connectivity index (χ2v) is 2.56. The lowest BCUT2D eigenvalue weighted by molar-refractivity contribution is 0.0958. The number of nitrogens with one attached hydrogen (secondary N) is 1. The van der Waals surface area contributed by atoms with E-state index >= 15 is 0 Å². The zero-order chi connectivity index (χ0) is 11.7. The molecular formula is C11H18N2O2. The third kappa shape index (κ3) is 4.56. The molecule has 0 unspecified atom stereocenters. The molecule has 1 N–H and O–H groups in total. The van der Waals surface area contributed by atoms with E-state index in [4.69, 9.17) is 4.74 Å². The van der Waals surface area contributed by atoms with Crippen molar-refractivity contribution in [3.63, 3.8) is 0 Å². The third-order valence-electron chi connectivity index (χ3n) is 1.60. The molecule has 0 saturated heterocycles. The van der Waals surface area contributed by atoms with Crippen molar-refractivity contribution in [1.29, 1.82) is 0 Å². The van der Waals surface area contributed by atoms with Crippen LogP contribution in [0.2, 0.25) is 0 Å². The average molecular weight is 210 g/mol. The Labute approximate surface area is 90.7 Å². The minimum Gasteiger partial charge on any atom is -0.380 e. The molecule has 0 aliphatic carbocycles. The third-order valence-corrected chi connectivity index (χ3v) is 1.60. The zero-order valence-electron chi connectivity index (χ0n) is 9.70. The second-order valence-electron chi connectivity index (χ2n) is 2.56. The number of carbonyl (C=O) groups excluding carboxylic acids is 1. The fourth-order valence-electron chi connectivity index (χ4n) is 0.983. The Morgan fingerprint density at radius 2 is 2.20 bits per heavy atom. The quantitative estimate of drug-likeness (QED) is 0.824. The standard InChI is InChI=1S/C9H12N2O2.C2H6/c1-10-9(12)8-5-7(6-13-2)3-4-11-8;1-2/h3-5H,6H2,1-2H3,(H,10,12);1-2H3. The van der Waals surface area contributed by atoms with Crippen LogP contribution in [0.1, 0.15) is 29.9 Å². The first-order valence-electron chi connectivity index (χ1n) is 4.94. The number of nitrogens with zero attached hydrogens (tertiary/aromatic N) is 1. The lowest BCUT2D eigenvalue weighted by Gasteiger charge is -2.01. The molecule has 0 aromatic carbocycles. The van der Waals surface area contributed by atoms with E-state index in [-0.39, 0.29) is 5.91 Å². The summed E-state index contributed by atoms with van der Waals surface area (Å²) in [5.41, 5.74) is 1.35. The number of pyridine rings is 1. The van der Waals surface area contributed by atoms with Gasteiger partial charge in [0, 0.05) is 20.4 Å². The van der Waals surface area contributed by atoms with Gasteiger partial charge in [-0.2, -0.15) is 0 Å². The smallest absolute Gasteiger partial charge is 0.269 e. The summed E-state index contributed by atoms with van der Waals surface area (Å²) in [6.45, 7) is 4.49.